The van der Waals surface area contributed by atoms with Gasteiger partial charge in [0.25, 0.3) is 0 Å². The van der Waals surface area contributed by atoms with Gasteiger partial charge in [0.2, 0.25) is 0 Å². The van der Waals surface area contributed by atoms with Crippen molar-refractivity contribution in [3.63, 3.8) is 0 Å². The number of carbonyl (C=O) groups is 3. The molecule has 8 heteroatoms. The lowest BCUT2D eigenvalue weighted by molar-refractivity contribution is -0.889. The number of rotatable bonds is 49. The van der Waals surface area contributed by atoms with E-state index in [2.05, 4.69) is 38.2 Å². The normalized spacial score (nSPS) is 13.0. The van der Waals surface area contributed by atoms with Crippen molar-refractivity contribution < 1.29 is 38.2 Å². The van der Waals surface area contributed by atoms with Crippen molar-refractivity contribution in [1.29, 1.82) is 0 Å². The van der Waals surface area contributed by atoms with Gasteiger partial charge in [-0.1, -0.05) is 199 Å². The standard InChI is InChI=1S/C55H103NO7/c1-6-8-10-12-14-16-18-20-22-24-25-26-27-28-29-30-32-34-36-38-40-42-44-46-54(58)63-51(49-61-48-47-52(55(59)60)56(3,4)5)50-62-53(57)45-43-41-39-37-35-33-31-23-21-19-17-15-13-11-9-7-2/h23,28-29,31,51-52H,6-22,24-27,30,32-50H2,1-5H3/b29-28+,31-23+. The monoisotopic (exact) mass is 890 g/mol. The molecule has 8 nitrogen and oxygen atoms in total. The van der Waals surface area contributed by atoms with E-state index in [1.165, 1.54) is 173 Å². The molecule has 0 radical (unpaired) electrons. The summed E-state index contributed by atoms with van der Waals surface area (Å²) < 4.78 is 17.3. The molecule has 0 saturated heterocycles. The molecule has 0 aliphatic rings. The number of aliphatic carboxylic acids is 1. The Kier molecular flexibility index (Phi) is 44.7. The van der Waals surface area contributed by atoms with Crippen LogP contribution >= 0.6 is 0 Å². The molecular formula is C55H103NO7. The molecule has 0 aliphatic heterocycles. The summed E-state index contributed by atoms with van der Waals surface area (Å²) in [5.41, 5.74) is 0. The summed E-state index contributed by atoms with van der Waals surface area (Å²) in [5, 5.41) is 11.7. The van der Waals surface area contributed by atoms with E-state index in [4.69, 9.17) is 14.2 Å². The molecule has 63 heavy (non-hydrogen) atoms. The minimum atomic E-state index is -1.12. The third-order valence-corrected chi connectivity index (χ3v) is 12.3. The lowest BCUT2D eigenvalue weighted by Crippen LogP contribution is -2.55. The van der Waals surface area contributed by atoms with Crippen LogP contribution in [0.5, 0.6) is 0 Å². The Labute approximate surface area is 390 Å². The number of likely N-dealkylation sites (N-methyl/N-ethyl adjacent to an activating group) is 1. The SMILES string of the molecule is CCCCCCCCC/C=C/CCCCCCCC(=O)OCC(COCCC(C(=O)[O-])[N+](C)(C)C)OC(=O)CCCCCCCCC/C=C/CCCCCCCCCCCCCC. The first-order valence-electron chi connectivity index (χ1n) is 26.9. The van der Waals surface area contributed by atoms with Crippen LogP contribution in [0.3, 0.4) is 0 Å². The predicted molar refractivity (Wildman–Crippen MR) is 264 cm³/mol. The summed E-state index contributed by atoms with van der Waals surface area (Å²) in [6.45, 7) is 4.69. The van der Waals surface area contributed by atoms with Gasteiger partial charge in [0.15, 0.2) is 6.10 Å². The Morgan fingerprint density at radius 3 is 1.14 bits per heavy atom. The van der Waals surface area contributed by atoms with E-state index in [1.54, 1.807) is 21.1 Å². The maximum absolute atomic E-state index is 12.8. The fourth-order valence-electron chi connectivity index (χ4n) is 8.12. The number of esters is 2. The maximum Gasteiger partial charge on any atom is 0.306 e. The molecule has 0 saturated carbocycles. The molecule has 0 fully saturated rings. The molecule has 0 bridgehead atoms. The molecule has 0 heterocycles. The first-order chi connectivity index (χ1) is 30.6. The van der Waals surface area contributed by atoms with Crippen LogP contribution < -0.4 is 5.11 Å². The van der Waals surface area contributed by atoms with Gasteiger partial charge < -0.3 is 28.6 Å². The van der Waals surface area contributed by atoms with Crippen LogP contribution in [0.1, 0.15) is 258 Å². The molecule has 0 aliphatic carbocycles. The number of allylic oxidation sites excluding steroid dienone is 4. The Balaban J connectivity index is 4.20. The van der Waals surface area contributed by atoms with Crippen LogP contribution in [-0.4, -0.2) is 75.5 Å². The smallest absolute Gasteiger partial charge is 0.306 e. The van der Waals surface area contributed by atoms with Gasteiger partial charge in [0.05, 0.1) is 40.3 Å². The largest absolute Gasteiger partial charge is 0.544 e. The zero-order valence-electron chi connectivity index (χ0n) is 42.3. The molecule has 0 aromatic heterocycles. The van der Waals surface area contributed by atoms with Gasteiger partial charge >= 0.3 is 11.9 Å². The van der Waals surface area contributed by atoms with E-state index in [0.29, 0.717) is 12.8 Å². The van der Waals surface area contributed by atoms with Gasteiger partial charge in [-0.15, -0.1) is 0 Å². The fraction of sp³-hybridized carbons (Fsp3) is 0.873. The van der Waals surface area contributed by atoms with Crippen LogP contribution in [0.15, 0.2) is 24.3 Å². The third-order valence-electron chi connectivity index (χ3n) is 12.3. The molecule has 0 amide bonds. The van der Waals surface area contributed by atoms with Crippen LogP contribution in [0.25, 0.3) is 0 Å². The van der Waals surface area contributed by atoms with Crippen molar-refractivity contribution in [1.82, 2.24) is 0 Å². The molecule has 0 aromatic rings. The molecule has 370 valence electrons. The molecule has 0 spiro atoms. The number of quaternary nitrogens is 1. The summed E-state index contributed by atoms with van der Waals surface area (Å²) in [6, 6.07) is -0.726. The highest BCUT2D eigenvalue weighted by atomic mass is 16.6. The quantitative estimate of drug-likeness (QED) is 0.0259. The Morgan fingerprint density at radius 2 is 0.794 bits per heavy atom. The highest BCUT2D eigenvalue weighted by molar-refractivity contribution is 5.70. The highest BCUT2D eigenvalue weighted by Gasteiger charge is 2.25. The van der Waals surface area contributed by atoms with E-state index >= 15 is 0 Å². The number of carboxylic acid groups (broad SMARTS) is 1. The molecule has 0 rings (SSSR count). The van der Waals surface area contributed by atoms with E-state index in [9.17, 15) is 19.5 Å². The highest BCUT2D eigenvalue weighted by Crippen LogP contribution is 2.16. The number of unbranched alkanes of at least 4 members (excludes halogenated alkanes) is 31. The van der Waals surface area contributed by atoms with E-state index in [0.717, 1.165) is 51.4 Å². The Bertz CT molecular complexity index is 1080. The number of carboxylic acids is 1. The van der Waals surface area contributed by atoms with Gasteiger partial charge in [0, 0.05) is 19.3 Å². The van der Waals surface area contributed by atoms with E-state index < -0.39 is 18.1 Å². The van der Waals surface area contributed by atoms with Gasteiger partial charge in [-0.2, -0.15) is 0 Å². The van der Waals surface area contributed by atoms with Crippen molar-refractivity contribution in [2.24, 2.45) is 0 Å². The first-order valence-corrected chi connectivity index (χ1v) is 26.9. The topological polar surface area (TPSA) is 102 Å². The Morgan fingerprint density at radius 1 is 0.460 bits per heavy atom. The lowest BCUT2D eigenvalue weighted by atomic mass is 10.0. The maximum atomic E-state index is 12.8. The second-order valence-corrected chi connectivity index (χ2v) is 19.5. The predicted octanol–water partition coefficient (Wildman–Crippen LogP) is 14.3. The molecule has 0 N–H and O–H groups in total. The average Bonchev–Trinajstić information content (AvgIpc) is 3.24. The lowest BCUT2D eigenvalue weighted by Gasteiger charge is -2.34. The van der Waals surface area contributed by atoms with Crippen molar-refractivity contribution in [2.75, 3.05) is 41.0 Å². The van der Waals surface area contributed by atoms with Crippen molar-refractivity contribution in [3.8, 4) is 0 Å². The number of hydrogen-bond acceptors (Lipinski definition) is 7. The van der Waals surface area contributed by atoms with Crippen LogP contribution in [0, 0.1) is 0 Å². The zero-order valence-corrected chi connectivity index (χ0v) is 42.3. The third kappa shape index (κ3) is 44.8. The summed E-state index contributed by atoms with van der Waals surface area (Å²) in [4.78, 5) is 37.0. The Hall–Kier alpha value is -2.19. The molecule has 2 atom stereocenters. The van der Waals surface area contributed by atoms with Crippen LogP contribution in [-0.2, 0) is 28.6 Å². The van der Waals surface area contributed by atoms with E-state index in [1.807, 2.05) is 0 Å². The average molecular weight is 890 g/mol. The fourth-order valence-corrected chi connectivity index (χ4v) is 8.12. The zero-order chi connectivity index (χ0) is 46.3. The van der Waals surface area contributed by atoms with E-state index in [-0.39, 0.29) is 42.7 Å². The van der Waals surface area contributed by atoms with Crippen molar-refractivity contribution >= 4 is 17.9 Å². The summed E-state index contributed by atoms with van der Waals surface area (Å²) >= 11 is 0. The van der Waals surface area contributed by atoms with Crippen molar-refractivity contribution in [2.45, 2.75) is 270 Å². The first kappa shape index (κ1) is 60.8. The number of hydrogen-bond donors (Lipinski definition) is 0. The van der Waals surface area contributed by atoms with Crippen LogP contribution in [0.2, 0.25) is 0 Å². The van der Waals surface area contributed by atoms with Crippen molar-refractivity contribution in [3.05, 3.63) is 24.3 Å². The summed E-state index contributed by atoms with van der Waals surface area (Å²) in [7, 11) is 5.42. The van der Waals surface area contributed by atoms with Gasteiger partial charge in [0.1, 0.15) is 12.6 Å². The van der Waals surface area contributed by atoms with Gasteiger partial charge in [-0.05, 0) is 64.2 Å². The second kappa shape index (κ2) is 46.3. The minimum Gasteiger partial charge on any atom is -0.544 e. The van der Waals surface area contributed by atoms with Crippen LogP contribution in [0.4, 0.5) is 0 Å². The van der Waals surface area contributed by atoms with Gasteiger partial charge in [-0.25, -0.2) is 0 Å². The second-order valence-electron chi connectivity index (χ2n) is 19.5. The molecule has 0 aromatic carbocycles. The molecule has 2 unspecified atom stereocenters. The minimum absolute atomic E-state index is 0.0397. The summed E-state index contributed by atoms with van der Waals surface area (Å²) in [6.07, 6.45) is 53.6. The molecular weight excluding hydrogens is 787 g/mol. The number of nitrogens with zero attached hydrogens (tertiary/aromatic N) is 1. The van der Waals surface area contributed by atoms with Gasteiger partial charge in [-0.3, -0.25) is 9.59 Å². The summed E-state index contributed by atoms with van der Waals surface area (Å²) in [5.74, 6) is -1.74. The number of carbonyl (C=O) groups excluding carboxylic acids is 3. The number of ether oxygens (including phenoxy) is 3.